The number of rotatable bonds is 7. The number of benzene rings is 1. The van der Waals surface area contributed by atoms with Crippen molar-refractivity contribution in [1.29, 1.82) is 0 Å². The van der Waals surface area contributed by atoms with Crippen LogP contribution in [0.4, 0.5) is 0 Å². The molecule has 0 heterocycles. The molecular weight excluding hydrogens is 240 g/mol. The monoisotopic (exact) mass is 264 g/mol. The second kappa shape index (κ2) is 7.92. The number of aryl methyl sites for hydroxylation is 2. The minimum Gasteiger partial charge on any atom is -0.383 e. The third-order valence-corrected chi connectivity index (χ3v) is 3.18. The van der Waals surface area contributed by atoms with E-state index in [1.807, 2.05) is 6.92 Å². The van der Waals surface area contributed by atoms with Crippen LogP contribution in [0.3, 0.4) is 0 Å². The molecule has 0 saturated heterocycles. The van der Waals surface area contributed by atoms with E-state index >= 15 is 0 Å². The van der Waals surface area contributed by atoms with Gasteiger partial charge in [0, 0.05) is 20.2 Å². The average Bonchev–Trinajstić information content (AvgIpc) is 2.40. The Bertz CT molecular complexity index is 419. The highest BCUT2D eigenvalue weighted by atomic mass is 16.5. The van der Waals surface area contributed by atoms with Gasteiger partial charge in [0.25, 0.3) is 0 Å². The second-order valence-electron chi connectivity index (χ2n) is 4.81. The number of methoxy groups -OCH3 is 1. The van der Waals surface area contributed by atoms with Gasteiger partial charge in [0.05, 0.1) is 12.6 Å². The molecule has 0 aliphatic carbocycles. The largest absolute Gasteiger partial charge is 0.383 e. The van der Waals surface area contributed by atoms with Gasteiger partial charge in [0.1, 0.15) is 0 Å². The maximum atomic E-state index is 11.7. The first-order chi connectivity index (χ1) is 9.04. The van der Waals surface area contributed by atoms with Crippen LogP contribution in [0.1, 0.15) is 23.6 Å². The highest BCUT2D eigenvalue weighted by Crippen LogP contribution is 2.09. The molecule has 0 aromatic heterocycles. The minimum absolute atomic E-state index is 0.000818. The van der Waals surface area contributed by atoms with Crippen molar-refractivity contribution in [2.45, 2.75) is 33.4 Å². The molecule has 0 saturated carbocycles. The lowest BCUT2D eigenvalue weighted by atomic mass is 10.1. The normalized spacial score (nSPS) is 12.2. The van der Waals surface area contributed by atoms with E-state index in [-0.39, 0.29) is 11.9 Å². The molecule has 1 atom stereocenters. The average molecular weight is 264 g/mol. The van der Waals surface area contributed by atoms with Crippen molar-refractivity contribution in [2.75, 3.05) is 20.3 Å². The first-order valence-electron chi connectivity index (χ1n) is 6.60. The van der Waals surface area contributed by atoms with Crippen LogP contribution in [0.25, 0.3) is 0 Å². The van der Waals surface area contributed by atoms with Crippen LogP contribution in [0.2, 0.25) is 0 Å². The van der Waals surface area contributed by atoms with Crippen LogP contribution in [0.15, 0.2) is 18.2 Å². The van der Waals surface area contributed by atoms with Gasteiger partial charge in [-0.2, -0.15) is 0 Å². The van der Waals surface area contributed by atoms with E-state index in [4.69, 9.17) is 4.74 Å². The smallest absolute Gasteiger partial charge is 0.236 e. The minimum atomic E-state index is -0.210. The lowest BCUT2D eigenvalue weighted by Crippen LogP contribution is -2.42. The highest BCUT2D eigenvalue weighted by Gasteiger charge is 2.11. The molecule has 1 amide bonds. The maximum Gasteiger partial charge on any atom is 0.236 e. The SMILES string of the molecule is COCCNC(=O)C(C)NCc1ccc(C)c(C)c1. The number of ether oxygens (including phenoxy) is 1. The molecule has 19 heavy (non-hydrogen) atoms. The summed E-state index contributed by atoms with van der Waals surface area (Å²) in [7, 11) is 1.62. The van der Waals surface area contributed by atoms with Gasteiger partial charge in [-0.05, 0) is 37.5 Å². The molecule has 0 radical (unpaired) electrons. The van der Waals surface area contributed by atoms with E-state index in [1.165, 1.54) is 16.7 Å². The Labute approximate surface area is 115 Å². The summed E-state index contributed by atoms with van der Waals surface area (Å²) in [6.07, 6.45) is 0. The summed E-state index contributed by atoms with van der Waals surface area (Å²) in [5, 5.41) is 6.03. The molecule has 0 bridgehead atoms. The first-order valence-corrected chi connectivity index (χ1v) is 6.60. The molecule has 1 aromatic rings. The number of nitrogens with one attached hydrogen (secondary N) is 2. The third-order valence-electron chi connectivity index (χ3n) is 3.18. The van der Waals surface area contributed by atoms with Gasteiger partial charge in [0.15, 0.2) is 0 Å². The molecule has 0 spiro atoms. The fourth-order valence-electron chi connectivity index (χ4n) is 1.71. The van der Waals surface area contributed by atoms with Crippen LogP contribution in [0.5, 0.6) is 0 Å². The first kappa shape index (κ1) is 15.7. The standard InChI is InChI=1S/C15H24N2O2/c1-11-5-6-14(9-12(11)2)10-17-13(3)15(18)16-7-8-19-4/h5-6,9,13,17H,7-8,10H2,1-4H3,(H,16,18). The lowest BCUT2D eigenvalue weighted by molar-refractivity contribution is -0.122. The molecule has 0 aliphatic rings. The van der Waals surface area contributed by atoms with E-state index in [9.17, 15) is 4.79 Å². The van der Waals surface area contributed by atoms with Crippen LogP contribution in [0, 0.1) is 13.8 Å². The number of amides is 1. The highest BCUT2D eigenvalue weighted by molar-refractivity contribution is 5.81. The Balaban J connectivity index is 2.38. The van der Waals surface area contributed by atoms with Gasteiger partial charge in [-0.3, -0.25) is 4.79 Å². The van der Waals surface area contributed by atoms with Gasteiger partial charge in [0.2, 0.25) is 5.91 Å². The van der Waals surface area contributed by atoms with Gasteiger partial charge in [-0.15, -0.1) is 0 Å². The second-order valence-corrected chi connectivity index (χ2v) is 4.81. The van der Waals surface area contributed by atoms with E-state index in [2.05, 4.69) is 42.7 Å². The Morgan fingerprint density at radius 3 is 2.68 bits per heavy atom. The van der Waals surface area contributed by atoms with Gasteiger partial charge in [-0.25, -0.2) is 0 Å². The van der Waals surface area contributed by atoms with Crippen LogP contribution < -0.4 is 10.6 Å². The van der Waals surface area contributed by atoms with Gasteiger partial charge >= 0.3 is 0 Å². The Hall–Kier alpha value is -1.39. The number of hydrogen-bond donors (Lipinski definition) is 2. The number of hydrogen-bond acceptors (Lipinski definition) is 3. The predicted molar refractivity (Wildman–Crippen MR) is 77.1 cm³/mol. The van der Waals surface area contributed by atoms with Crippen molar-refractivity contribution in [3.8, 4) is 0 Å². The molecule has 4 nitrogen and oxygen atoms in total. The van der Waals surface area contributed by atoms with Crippen LogP contribution in [-0.2, 0) is 16.1 Å². The molecule has 4 heteroatoms. The van der Waals surface area contributed by atoms with Crippen molar-refractivity contribution in [1.82, 2.24) is 10.6 Å². The molecule has 1 aromatic carbocycles. The Kier molecular flexibility index (Phi) is 6.53. The predicted octanol–water partition coefficient (Wildman–Crippen LogP) is 1.54. The number of carbonyl (C=O) groups excluding carboxylic acids is 1. The number of carbonyl (C=O) groups is 1. The zero-order chi connectivity index (χ0) is 14.3. The lowest BCUT2D eigenvalue weighted by Gasteiger charge is -2.14. The summed E-state index contributed by atoms with van der Waals surface area (Å²) in [4.78, 5) is 11.7. The third kappa shape index (κ3) is 5.41. The van der Waals surface area contributed by atoms with E-state index < -0.39 is 0 Å². The molecule has 0 fully saturated rings. The van der Waals surface area contributed by atoms with Crippen LogP contribution in [-0.4, -0.2) is 32.2 Å². The zero-order valence-corrected chi connectivity index (χ0v) is 12.2. The van der Waals surface area contributed by atoms with Gasteiger partial charge < -0.3 is 15.4 Å². The molecule has 106 valence electrons. The summed E-state index contributed by atoms with van der Waals surface area (Å²) >= 11 is 0. The molecule has 1 unspecified atom stereocenters. The fourth-order valence-corrected chi connectivity index (χ4v) is 1.71. The zero-order valence-electron chi connectivity index (χ0n) is 12.2. The van der Waals surface area contributed by atoms with Crippen molar-refractivity contribution in [3.63, 3.8) is 0 Å². The van der Waals surface area contributed by atoms with Crippen molar-refractivity contribution in [3.05, 3.63) is 34.9 Å². The topological polar surface area (TPSA) is 50.4 Å². The summed E-state index contributed by atoms with van der Waals surface area (Å²) in [5.74, 6) is 0.000818. The summed E-state index contributed by atoms with van der Waals surface area (Å²) in [5.41, 5.74) is 3.75. The summed E-state index contributed by atoms with van der Waals surface area (Å²) < 4.78 is 4.89. The summed E-state index contributed by atoms with van der Waals surface area (Å²) in [6.45, 7) is 7.84. The molecular formula is C15H24N2O2. The van der Waals surface area contributed by atoms with Gasteiger partial charge in [-0.1, -0.05) is 18.2 Å². The maximum absolute atomic E-state index is 11.7. The Morgan fingerprint density at radius 2 is 2.05 bits per heavy atom. The van der Waals surface area contributed by atoms with Crippen molar-refractivity contribution in [2.24, 2.45) is 0 Å². The molecule has 1 rings (SSSR count). The molecule has 2 N–H and O–H groups in total. The molecule has 0 aliphatic heterocycles. The van der Waals surface area contributed by atoms with E-state index in [1.54, 1.807) is 7.11 Å². The van der Waals surface area contributed by atoms with E-state index in [0.717, 1.165) is 0 Å². The van der Waals surface area contributed by atoms with E-state index in [0.29, 0.717) is 19.7 Å². The van der Waals surface area contributed by atoms with Crippen molar-refractivity contribution >= 4 is 5.91 Å². The Morgan fingerprint density at radius 1 is 1.32 bits per heavy atom. The quantitative estimate of drug-likeness (QED) is 0.735. The summed E-state index contributed by atoms with van der Waals surface area (Å²) in [6, 6.07) is 6.14. The van der Waals surface area contributed by atoms with Crippen LogP contribution >= 0.6 is 0 Å². The fraction of sp³-hybridized carbons (Fsp3) is 0.533. The van der Waals surface area contributed by atoms with Crippen molar-refractivity contribution < 1.29 is 9.53 Å².